The lowest BCUT2D eigenvalue weighted by molar-refractivity contribution is 0.171. The van der Waals surface area contributed by atoms with Crippen LogP contribution in [0.5, 0.6) is 11.5 Å². The zero-order valence-corrected chi connectivity index (χ0v) is 11.6. The largest absolute Gasteiger partial charge is 0.508 e. The fourth-order valence-corrected chi connectivity index (χ4v) is 2.71. The number of phenols is 2. The summed E-state index contributed by atoms with van der Waals surface area (Å²) >= 11 is 0. The second kappa shape index (κ2) is 6.78. The van der Waals surface area contributed by atoms with Crippen LogP contribution in [-0.4, -0.2) is 41.8 Å². The Morgan fingerprint density at radius 2 is 2.00 bits per heavy atom. The van der Waals surface area contributed by atoms with Crippen LogP contribution in [0.25, 0.3) is 0 Å². The van der Waals surface area contributed by atoms with Crippen molar-refractivity contribution in [2.24, 2.45) is 5.92 Å². The van der Waals surface area contributed by atoms with Gasteiger partial charge in [0.05, 0.1) is 0 Å². The third kappa shape index (κ3) is 4.11. The van der Waals surface area contributed by atoms with Crippen molar-refractivity contribution in [3.8, 4) is 11.5 Å². The summed E-state index contributed by atoms with van der Waals surface area (Å²) in [6, 6.07) is 4.85. The van der Waals surface area contributed by atoms with Crippen LogP contribution >= 0.6 is 0 Å². The van der Waals surface area contributed by atoms with Crippen LogP contribution in [0.1, 0.15) is 24.8 Å². The molecule has 0 spiro atoms. The number of phenolic OH excluding ortho intramolecular Hbond substituents is 2. The van der Waals surface area contributed by atoms with E-state index in [2.05, 4.69) is 10.2 Å². The normalized spacial score (nSPS) is 17.7. The van der Waals surface area contributed by atoms with Crippen LogP contribution in [0, 0.1) is 5.92 Å². The molecule has 0 aromatic heterocycles. The Hall–Kier alpha value is -1.26. The fourth-order valence-electron chi connectivity index (χ4n) is 2.71. The number of aromatic hydroxyl groups is 2. The molecular formula is C15H24N2O2. The standard InChI is InChI=1S/C15H24N2O2/c1-16-7-4-12-5-8-17(9-6-12)11-13-2-3-14(18)10-15(13)19/h2-3,10,12,16,18-19H,4-9,11H2,1H3. The molecule has 106 valence electrons. The van der Waals surface area contributed by atoms with Gasteiger partial charge in [-0.05, 0) is 57.9 Å². The molecule has 0 bridgehead atoms. The molecule has 0 aliphatic carbocycles. The molecule has 1 heterocycles. The maximum atomic E-state index is 9.80. The van der Waals surface area contributed by atoms with E-state index in [1.807, 2.05) is 7.05 Å². The molecule has 1 saturated heterocycles. The van der Waals surface area contributed by atoms with Gasteiger partial charge in [0, 0.05) is 18.2 Å². The van der Waals surface area contributed by atoms with E-state index in [4.69, 9.17) is 0 Å². The Labute approximate surface area is 115 Å². The molecule has 0 radical (unpaired) electrons. The zero-order chi connectivity index (χ0) is 13.7. The highest BCUT2D eigenvalue weighted by molar-refractivity contribution is 5.38. The van der Waals surface area contributed by atoms with E-state index in [1.54, 1.807) is 12.1 Å². The molecule has 0 atom stereocenters. The Bertz CT molecular complexity index is 401. The third-order valence-electron chi connectivity index (χ3n) is 3.97. The summed E-state index contributed by atoms with van der Waals surface area (Å²) in [5, 5.41) is 22.3. The van der Waals surface area contributed by atoms with E-state index in [1.165, 1.54) is 25.3 Å². The van der Waals surface area contributed by atoms with E-state index in [0.29, 0.717) is 0 Å². The molecular weight excluding hydrogens is 240 g/mol. The van der Waals surface area contributed by atoms with Crippen LogP contribution in [0.15, 0.2) is 18.2 Å². The smallest absolute Gasteiger partial charge is 0.123 e. The summed E-state index contributed by atoms with van der Waals surface area (Å²) in [7, 11) is 2.00. The first-order valence-corrected chi connectivity index (χ1v) is 7.07. The van der Waals surface area contributed by atoms with Crippen LogP contribution in [0.3, 0.4) is 0 Å². The summed E-state index contributed by atoms with van der Waals surface area (Å²) < 4.78 is 0. The van der Waals surface area contributed by atoms with E-state index in [0.717, 1.165) is 37.7 Å². The molecule has 0 unspecified atom stereocenters. The van der Waals surface area contributed by atoms with Crippen molar-refractivity contribution in [1.82, 2.24) is 10.2 Å². The van der Waals surface area contributed by atoms with Gasteiger partial charge in [-0.3, -0.25) is 4.90 Å². The maximum Gasteiger partial charge on any atom is 0.123 e. The molecule has 4 nitrogen and oxygen atoms in total. The SMILES string of the molecule is CNCCC1CCN(Cc2ccc(O)cc2O)CC1. The monoisotopic (exact) mass is 264 g/mol. The molecule has 3 N–H and O–H groups in total. The number of hydrogen-bond acceptors (Lipinski definition) is 4. The molecule has 1 fully saturated rings. The van der Waals surface area contributed by atoms with Crippen LogP contribution in [-0.2, 0) is 6.54 Å². The van der Waals surface area contributed by atoms with Gasteiger partial charge in [-0.2, -0.15) is 0 Å². The van der Waals surface area contributed by atoms with Gasteiger partial charge in [0.2, 0.25) is 0 Å². The van der Waals surface area contributed by atoms with Crippen LogP contribution in [0.4, 0.5) is 0 Å². The summed E-state index contributed by atoms with van der Waals surface area (Å²) in [6.45, 7) is 4.05. The highest BCUT2D eigenvalue weighted by atomic mass is 16.3. The van der Waals surface area contributed by atoms with Crippen molar-refractivity contribution in [2.45, 2.75) is 25.8 Å². The molecule has 1 aliphatic rings. The minimum atomic E-state index is 0.118. The lowest BCUT2D eigenvalue weighted by atomic mass is 9.93. The molecule has 0 saturated carbocycles. The van der Waals surface area contributed by atoms with Gasteiger partial charge >= 0.3 is 0 Å². The first kappa shape index (κ1) is 14.2. The maximum absolute atomic E-state index is 9.80. The summed E-state index contributed by atoms with van der Waals surface area (Å²) in [6.07, 6.45) is 3.73. The Balaban J connectivity index is 1.82. The fraction of sp³-hybridized carbons (Fsp3) is 0.600. The van der Waals surface area contributed by atoms with Gasteiger partial charge in [-0.15, -0.1) is 0 Å². The van der Waals surface area contributed by atoms with Crippen LogP contribution < -0.4 is 5.32 Å². The summed E-state index contributed by atoms with van der Waals surface area (Å²) in [5.41, 5.74) is 0.895. The highest BCUT2D eigenvalue weighted by Gasteiger charge is 2.19. The third-order valence-corrected chi connectivity index (χ3v) is 3.97. The predicted octanol–water partition coefficient (Wildman–Crippen LogP) is 1.92. The Morgan fingerprint density at radius 3 is 2.63 bits per heavy atom. The van der Waals surface area contributed by atoms with Crippen molar-refractivity contribution < 1.29 is 10.2 Å². The zero-order valence-electron chi connectivity index (χ0n) is 11.6. The second-order valence-corrected chi connectivity index (χ2v) is 5.42. The lowest BCUT2D eigenvalue weighted by Crippen LogP contribution is -2.34. The summed E-state index contributed by atoms with van der Waals surface area (Å²) in [4.78, 5) is 2.38. The predicted molar refractivity (Wildman–Crippen MR) is 76.3 cm³/mol. The minimum Gasteiger partial charge on any atom is -0.508 e. The van der Waals surface area contributed by atoms with Crippen molar-refractivity contribution in [3.63, 3.8) is 0 Å². The topological polar surface area (TPSA) is 55.7 Å². The van der Waals surface area contributed by atoms with Gasteiger partial charge in [0.1, 0.15) is 11.5 Å². The number of likely N-dealkylation sites (tertiary alicyclic amines) is 1. The van der Waals surface area contributed by atoms with Gasteiger partial charge in [-0.25, -0.2) is 0 Å². The van der Waals surface area contributed by atoms with E-state index in [-0.39, 0.29) is 11.5 Å². The number of nitrogens with zero attached hydrogens (tertiary/aromatic N) is 1. The van der Waals surface area contributed by atoms with Gasteiger partial charge in [0.15, 0.2) is 0 Å². The van der Waals surface area contributed by atoms with E-state index >= 15 is 0 Å². The molecule has 1 aliphatic heterocycles. The lowest BCUT2D eigenvalue weighted by Gasteiger charge is -2.32. The average Bonchev–Trinajstić information content (AvgIpc) is 2.41. The average molecular weight is 264 g/mol. The minimum absolute atomic E-state index is 0.118. The first-order chi connectivity index (χ1) is 9.19. The van der Waals surface area contributed by atoms with E-state index in [9.17, 15) is 10.2 Å². The van der Waals surface area contributed by atoms with Crippen molar-refractivity contribution in [2.75, 3.05) is 26.7 Å². The molecule has 2 rings (SSSR count). The van der Waals surface area contributed by atoms with Crippen molar-refractivity contribution >= 4 is 0 Å². The molecule has 1 aromatic rings. The van der Waals surface area contributed by atoms with Gasteiger partial charge in [0.25, 0.3) is 0 Å². The molecule has 19 heavy (non-hydrogen) atoms. The quantitative estimate of drug-likeness (QED) is 0.760. The number of hydrogen-bond donors (Lipinski definition) is 3. The second-order valence-electron chi connectivity index (χ2n) is 5.42. The van der Waals surface area contributed by atoms with Crippen LogP contribution in [0.2, 0.25) is 0 Å². The molecule has 0 amide bonds. The Kier molecular flexibility index (Phi) is 5.05. The number of nitrogens with one attached hydrogen (secondary N) is 1. The highest BCUT2D eigenvalue weighted by Crippen LogP contribution is 2.26. The summed E-state index contributed by atoms with van der Waals surface area (Å²) in [5.74, 6) is 1.14. The Morgan fingerprint density at radius 1 is 1.26 bits per heavy atom. The van der Waals surface area contributed by atoms with Crippen molar-refractivity contribution in [3.05, 3.63) is 23.8 Å². The molecule has 4 heteroatoms. The van der Waals surface area contributed by atoms with Gasteiger partial charge < -0.3 is 15.5 Å². The number of benzene rings is 1. The number of rotatable bonds is 5. The van der Waals surface area contributed by atoms with Gasteiger partial charge in [-0.1, -0.05) is 6.07 Å². The molecule has 1 aromatic carbocycles. The number of piperidine rings is 1. The van der Waals surface area contributed by atoms with E-state index < -0.39 is 0 Å². The first-order valence-electron chi connectivity index (χ1n) is 7.07. The van der Waals surface area contributed by atoms with Crippen molar-refractivity contribution in [1.29, 1.82) is 0 Å².